The zero-order chi connectivity index (χ0) is 23.6. The molecule has 176 valence electrons. The van der Waals surface area contributed by atoms with Gasteiger partial charge in [0.25, 0.3) is 0 Å². The summed E-state index contributed by atoms with van der Waals surface area (Å²) in [5.41, 5.74) is 3.21. The molecule has 0 radical (unpaired) electrons. The highest BCUT2D eigenvalue weighted by atomic mass is 16.2. The van der Waals surface area contributed by atoms with Crippen LogP contribution in [-0.2, 0) is 22.6 Å². The number of benzene rings is 2. The Labute approximate surface area is 198 Å². The molecule has 5 heteroatoms. The first kappa shape index (κ1) is 23.5. The van der Waals surface area contributed by atoms with Crippen LogP contribution < -0.4 is 9.80 Å². The molecule has 2 aliphatic heterocycles. The van der Waals surface area contributed by atoms with Crippen molar-refractivity contribution in [2.24, 2.45) is 11.3 Å². The number of hydrogen-bond donors (Lipinski definition) is 0. The second-order valence-corrected chi connectivity index (χ2v) is 10.1. The summed E-state index contributed by atoms with van der Waals surface area (Å²) in [5, 5.41) is 0. The van der Waals surface area contributed by atoms with Crippen LogP contribution in [0.4, 0.5) is 11.4 Å². The van der Waals surface area contributed by atoms with E-state index in [-0.39, 0.29) is 11.8 Å². The van der Waals surface area contributed by atoms with Gasteiger partial charge in [0.2, 0.25) is 11.8 Å². The molecule has 2 aromatic rings. The molecule has 0 aromatic heterocycles. The minimum atomic E-state index is -1.07. The summed E-state index contributed by atoms with van der Waals surface area (Å²) >= 11 is 0. The van der Waals surface area contributed by atoms with Crippen molar-refractivity contribution < 1.29 is 9.59 Å². The molecule has 0 bridgehead atoms. The van der Waals surface area contributed by atoms with Crippen LogP contribution in [0, 0.1) is 11.3 Å². The maximum atomic E-state index is 13.1. The lowest BCUT2D eigenvalue weighted by Gasteiger charge is -2.33. The van der Waals surface area contributed by atoms with E-state index >= 15 is 0 Å². The topological polar surface area (TPSA) is 43.9 Å². The first-order valence-electron chi connectivity index (χ1n) is 12.3. The molecule has 2 amide bonds. The summed E-state index contributed by atoms with van der Waals surface area (Å²) in [7, 11) is 1.79. The summed E-state index contributed by atoms with van der Waals surface area (Å²) in [6.07, 6.45) is 4.90. The van der Waals surface area contributed by atoms with E-state index in [1.165, 1.54) is 30.4 Å². The van der Waals surface area contributed by atoms with Crippen molar-refractivity contribution in [3.05, 3.63) is 59.7 Å². The molecular weight excluding hydrogens is 410 g/mol. The maximum absolute atomic E-state index is 13.1. The normalized spacial score (nSPS) is 21.2. The van der Waals surface area contributed by atoms with Gasteiger partial charge in [-0.2, -0.15) is 0 Å². The van der Waals surface area contributed by atoms with E-state index in [4.69, 9.17) is 0 Å². The van der Waals surface area contributed by atoms with Crippen LogP contribution in [0.25, 0.3) is 0 Å². The van der Waals surface area contributed by atoms with E-state index in [1.54, 1.807) is 30.7 Å². The number of rotatable bonds is 6. The van der Waals surface area contributed by atoms with Crippen molar-refractivity contribution in [2.45, 2.75) is 53.0 Å². The molecule has 0 N–H and O–H groups in total. The van der Waals surface area contributed by atoms with E-state index < -0.39 is 5.41 Å². The van der Waals surface area contributed by atoms with Crippen molar-refractivity contribution in [1.29, 1.82) is 0 Å². The van der Waals surface area contributed by atoms with Gasteiger partial charge in [-0.3, -0.25) is 14.5 Å². The van der Waals surface area contributed by atoms with Gasteiger partial charge in [-0.15, -0.1) is 0 Å². The van der Waals surface area contributed by atoms with Crippen LogP contribution in [0.3, 0.4) is 0 Å². The van der Waals surface area contributed by atoms with Crippen molar-refractivity contribution >= 4 is 23.2 Å². The minimum absolute atomic E-state index is 0.134. The van der Waals surface area contributed by atoms with Gasteiger partial charge in [0.1, 0.15) is 5.41 Å². The van der Waals surface area contributed by atoms with Crippen LogP contribution in [0.1, 0.15) is 51.2 Å². The van der Waals surface area contributed by atoms with Gasteiger partial charge in [0, 0.05) is 26.7 Å². The number of hydrogen-bond acceptors (Lipinski definition) is 3. The number of likely N-dealkylation sites (tertiary alicyclic amines) is 1. The molecule has 2 aromatic carbocycles. The third kappa shape index (κ3) is 4.84. The first-order valence-corrected chi connectivity index (χ1v) is 12.3. The third-order valence-electron chi connectivity index (χ3n) is 7.32. The quantitative estimate of drug-likeness (QED) is 0.593. The smallest absolute Gasteiger partial charge is 0.242 e. The lowest BCUT2D eigenvalue weighted by Crippen LogP contribution is -2.47. The van der Waals surface area contributed by atoms with E-state index in [2.05, 4.69) is 47.4 Å². The molecule has 0 aliphatic carbocycles. The van der Waals surface area contributed by atoms with E-state index in [1.807, 2.05) is 13.0 Å². The summed E-state index contributed by atoms with van der Waals surface area (Å²) in [5.74, 6) is 0.435. The standard InChI is InChI=1S/C28H37N3O2/c1-5-31-24-16-15-23(18-25(24)29(4)26(32)28(2,3)27(31)33)20-30-17-9-12-22(19-30)14-13-21-10-7-6-8-11-21/h6-8,10-11,15-16,18,22H,5,9,12-14,17,19-20H2,1-4H3. The molecule has 33 heavy (non-hydrogen) atoms. The van der Waals surface area contributed by atoms with Gasteiger partial charge in [0.15, 0.2) is 0 Å². The van der Waals surface area contributed by atoms with E-state index in [0.717, 1.165) is 43.3 Å². The van der Waals surface area contributed by atoms with Crippen LogP contribution in [-0.4, -0.2) is 43.4 Å². The summed E-state index contributed by atoms with van der Waals surface area (Å²) in [4.78, 5) is 32.2. The molecule has 0 spiro atoms. The van der Waals surface area contributed by atoms with Crippen molar-refractivity contribution in [2.75, 3.05) is 36.5 Å². The molecule has 1 fully saturated rings. The van der Waals surface area contributed by atoms with Crippen LogP contribution in [0.5, 0.6) is 0 Å². The van der Waals surface area contributed by atoms with Crippen LogP contribution in [0.2, 0.25) is 0 Å². The number of amides is 2. The van der Waals surface area contributed by atoms with Crippen molar-refractivity contribution in [3.8, 4) is 0 Å². The molecule has 5 nitrogen and oxygen atoms in total. The van der Waals surface area contributed by atoms with Gasteiger partial charge >= 0.3 is 0 Å². The summed E-state index contributed by atoms with van der Waals surface area (Å²) in [6.45, 7) is 9.07. The average molecular weight is 448 g/mol. The molecule has 1 atom stereocenters. The second-order valence-electron chi connectivity index (χ2n) is 10.1. The summed E-state index contributed by atoms with van der Waals surface area (Å²) in [6, 6.07) is 17.0. The Morgan fingerprint density at radius 1 is 0.970 bits per heavy atom. The lowest BCUT2D eigenvalue weighted by atomic mass is 9.90. The zero-order valence-electron chi connectivity index (χ0n) is 20.5. The summed E-state index contributed by atoms with van der Waals surface area (Å²) < 4.78 is 0. The van der Waals surface area contributed by atoms with Gasteiger partial charge in [-0.05, 0) is 82.2 Å². The highest BCUT2D eigenvalue weighted by Crippen LogP contribution is 2.39. The highest BCUT2D eigenvalue weighted by Gasteiger charge is 2.45. The highest BCUT2D eigenvalue weighted by molar-refractivity contribution is 6.19. The number of carbonyl (C=O) groups is 2. The van der Waals surface area contributed by atoms with Gasteiger partial charge in [-0.25, -0.2) is 0 Å². The zero-order valence-corrected chi connectivity index (χ0v) is 20.5. The number of carbonyl (C=O) groups excluding carboxylic acids is 2. The van der Waals surface area contributed by atoms with Crippen LogP contribution >= 0.6 is 0 Å². The number of anilines is 2. The molecule has 4 rings (SSSR count). The molecule has 2 aliphatic rings. The largest absolute Gasteiger partial charge is 0.313 e. The first-order chi connectivity index (χ1) is 15.8. The van der Waals surface area contributed by atoms with Gasteiger partial charge in [0.05, 0.1) is 11.4 Å². The fraction of sp³-hybridized carbons (Fsp3) is 0.500. The number of piperidine rings is 1. The Morgan fingerprint density at radius 3 is 2.45 bits per heavy atom. The van der Waals surface area contributed by atoms with Gasteiger partial charge in [-0.1, -0.05) is 36.4 Å². The fourth-order valence-electron chi connectivity index (χ4n) is 5.35. The molecule has 1 saturated heterocycles. The molecule has 0 saturated carbocycles. The maximum Gasteiger partial charge on any atom is 0.242 e. The van der Waals surface area contributed by atoms with Crippen LogP contribution in [0.15, 0.2) is 48.5 Å². The number of nitrogens with zero attached hydrogens (tertiary/aromatic N) is 3. The molecule has 1 unspecified atom stereocenters. The Bertz CT molecular complexity index is 1000. The van der Waals surface area contributed by atoms with Crippen molar-refractivity contribution in [1.82, 2.24) is 4.90 Å². The third-order valence-corrected chi connectivity index (χ3v) is 7.32. The Balaban J connectivity index is 1.48. The lowest BCUT2D eigenvalue weighted by molar-refractivity contribution is -0.137. The van der Waals surface area contributed by atoms with E-state index in [0.29, 0.717) is 6.54 Å². The SMILES string of the molecule is CCN1C(=O)C(C)(C)C(=O)N(C)c2cc(CN3CCCC(CCc4ccccc4)C3)ccc21. The Kier molecular flexibility index (Phi) is 6.89. The number of aryl methyl sites for hydroxylation is 1. The van der Waals surface area contributed by atoms with Crippen molar-refractivity contribution in [3.63, 3.8) is 0 Å². The fourth-order valence-corrected chi connectivity index (χ4v) is 5.35. The van der Waals surface area contributed by atoms with Gasteiger partial charge < -0.3 is 9.80 Å². The monoisotopic (exact) mass is 447 g/mol. The predicted molar refractivity (Wildman–Crippen MR) is 134 cm³/mol. The Hall–Kier alpha value is -2.66. The molecule has 2 heterocycles. The second kappa shape index (κ2) is 9.68. The minimum Gasteiger partial charge on any atom is -0.313 e. The number of fused-ring (bicyclic) bond motifs is 1. The predicted octanol–water partition coefficient (Wildman–Crippen LogP) is 4.89. The average Bonchev–Trinajstić information content (AvgIpc) is 2.88. The molecular formula is C28H37N3O2. The van der Waals surface area contributed by atoms with E-state index in [9.17, 15) is 9.59 Å². The Morgan fingerprint density at radius 2 is 1.73 bits per heavy atom.